The average Bonchev–Trinajstić information content (AvgIpc) is 3.15. The number of anilines is 1. The summed E-state index contributed by atoms with van der Waals surface area (Å²) in [5, 5.41) is 10.7. The Morgan fingerprint density at radius 1 is 1.45 bits per heavy atom. The molecule has 0 aliphatic carbocycles. The number of carbonyl (C=O) groups excluding carboxylic acids is 1. The molecular formula is C15H19N5O2. The number of hydrogen-bond donors (Lipinski definition) is 2. The highest BCUT2D eigenvalue weighted by Gasteiger charge is 2.21. The van der Waals surface area contributed by atoms with E-state index in [1.165, 1.54) is 4.68 Å². The van der Waals surface area contributed by atoms with Gasteiger partial charge in [-0.2, -0.15) is 4.68 Å². The first kappa shape index (κ1) is 14.5. The van der Waals surface area contributed by atoms with E-state index in [2.05, 4.69) is 15.6 Å². The van der Waals surface area contributed by atoms with E-state index in [4.69, 9.17) is 10.5 Å². The zero-order valence-electron chi connectivity index (χ0n) is 12.5. The Labute approximate surface area is 128 Å². The van der Waals surface area contributed by atoms with Gasteiger partial charge in [0.2, 0.25) is 0 Å². The van der Waals surface area contributed by atoms with Gasteiger partial charge in [0.05, 0.1) is 11.8 Å². The van der Waals surface area contributed by atoms with Crippen molar-refractivity contribution >= 4 is 11.7 Å². The maximum absolute atomic E-state index is 12.2. The second-order valence-corrected chi connectivity index (χ2v) is 5.42. The number of amides is 1. The lowest BCUT2D eigenvalue weighted by molar-refractivity contribution is 0.0854. The Kier molecular flexibility index (Phi) is 4.06. The number of rotatable bonds is 4. The van der Waals surface area contributed by atoms with Gasteiger partial charge in [-0.3, -0.25) is 4.79 Å². The maximum atomic E-state index is 12.2. The molecule has 3 N–H and O–H groups in total. The van der Waals surface area contributed by atoms with Crippen LogP contribution in [0.5, 0.6) is 0 Å². The van der Waals surface area contributed by atoms with Crippen LogP contribution in [0.2, 0.25) is 0 Å². The molecule has 1 fully saturated rings. The molecule has 1 aliphatic rings. The van der Waals surface area contributed by atoms with Crippen LogP contribution in [-0.2, 0) is 4.74 Å². The lowest BCUT2D eigenvalue weighted by Gasteiger charge is -2.09. The molecule has 116 valence electrons. The van der Waals surface area contributed by atoms with Gasteiger partial charge >= 0.3 is 0 Å². The third-order valence-electron chi connectivity index (χ3n) is 3.71. The summed E-state index contributed by atoms with van der Waals surface area (Å²) >= 11 is 0. The van der Waals surface area contributed by atoms with E-state index in [9.17, 15) is 4.79 Å². The zero-order chi connectivity index (χ0) is 15.5. The molecule has 7 nitrogen and oxygen atoms in total. The molecule has 7 heteroatoms. The first-order valence-corrected chi connectivity index (χ1v) is 7.33. The topological polar surface area (TPSA) is 95.1 Å². The first-order chi connectivity index (χ1) is 10.6. The lowest BCUT2D eigenvalue weighted by Crippen LogP contribution is -2.32. The molecular weight excluding hydrogens is 282 g/mol. The van der Waals surface area contributed by atoms with Gasteiger partial charge in [0, 0.05) is 13.2 Å². The summed E-state index contributed by atoms with van der Waals surface area (Å²) in [5.41, 5.74) is 8.05. The van der Waals surface area contributed by atoms with Crippen molar-refractivity contribution in [2.24, 2.45) is 0 Å². The van der Waals surface area contributed by atoms with Crippen molar-refractivity contribution in [3.05, 3.63) is 35.5 Å². The van der Waals surface area contributed by atoms with Crippen molar-refractivity contribution in [3.8, 4) is 5.69 Å². The van der Waals surface area contributed by atoms with E-state index in [-0.39, 0.29) is 23.5 Å². The second kappa shape index (κ2) is 6.15. The SMILES string of the molecule is Cc1ccc(-n2nnc(C(=O)NCC3CCCO3)c2N)cc1. The van der Waals surface area contributed by atoms with Gasteiger partial charge in [-0.25, -0.2) is 0 Å². The summed E-state index contributed by atoms with van der Waals surface area (Å²) in [7, 11) is 0. The first-order valence-electron chi connectivity index (χ1n) is 7.33. The smallest absolute Gasteiger partial charge is 0.275 e. The van der Waals surface area contributed by atoms with Crippen LogP contribution >= 0.6 is 0 Å². The van der Waals surface area contributed by atoms with Crippen LogP contribution in [0.4, 0.5) is 5.82 Å². The van der Waals surface area contributed by atoms with E-state index in [0.29, 0.717) is 6.54 Å². The van der Waals surface area contributed by atoms with Crippen LogP contribution in [0.3, 0.4) is 0 Å². The average molecular weight is 301 g/mol. The normalized spacial score (nSPS) is 17.6. The Balaban J connectivity index is 1.72. The summed E-state index contributed by atoms with van der Waals surface area (Å²) in [6.45, 7) is 3.22. The number of carbonyl (C=O) groups is 1. The van der Waals surface area contributed by atoms with Crippen molar-refractivity contribution < 1.29 is 9.53 Å². The number of benzene rings is 1. The fraction of sp³-hybridized carbons (Fsp3) is 0.400. The third kappa shape index (κ3) is 2.94. The molecule has 0 saturated carbocycles. The van der Waals surface area contributed by atoms with Crippen molar-refractivity contribution in [1.82, 2.24) is 20.3 Å². The van der Waals surface area contributed by atoms with Crippen molar-refractivity contribution in [1.29, 1.82) is 0 Å². The van der Waals surface area contributed by atoms with Gasteiger partial charge in [-0.05, 0) is 31.9 Å². The standard InChI is InChI=1S/C15H19N5O2/c1-10-4-6-11(7-5-10)20-14(16)13(18-19-20)15(21)17-9-12-3-2-8-22-12/h4-7,12H,2-3,8-9,16H2,1H3,(H,17,21). The Bertz CT molecular complexity index is 659. The lowest BCUT2D eigenvalue weighted by atomic mass is 10.2. The highest BCUT2D eigenvalue weighted by molar-refractivity contribution is 5.96. The minimum absolute atomic E-state index is 0.0808. The molecule has 1 aliphatic heterocycles. The van der Waals surface area contributed by atoms with Gasteiger partial charge in [-0.1, -0.05) is 22.9 Å². The van der Waals surface area contributed by atoms with Gasteiger partial charge in [0.15, 0.2) is 11.5 Å². The molecule has 2 heterocycles. The number of aryl methyl sites for hydroxylation is 1. The molecule has 3 rings (SSSR count). The highest BCUT2D eigenvalue weighted by Crippen LogP contribution is 2.16. The third-order valence-corrected chi connectivity index (χ3v) is 3.71. The van der Waals surface area contributed by atoms with Crippen LogP contribution in [0, 0.1) is 6.92 Å². The number of aromatic nitrogens is 3. The Hall–Kier alpha value is -2.41. The Morgan fingerprint density at radius 2 is 2.23 bits per heavy atom. The zero-order valence-corrected chi connectivity index (χ0v) is 12.5. The number of nitrogens with two attached hydrogens (primary N) is 1. The summed E-state index contributed by atoms with van der Waals surface area (Å²) in [4.78, 5) is 12.2. The minimum Gasteiger partial charge on any atom is -0.382 e. The van der Waals surface area contributed by atoms with E-state index >= 15 is 0 Å². The van der Waals surface area contributed by atoms with Crippen LogP contribution in [0.15, 0.2) is 24.3 Å². The second-order valence-electron chi connectivity index (χ2n) is 5.42. The fourth-order valence-electron chi connectivity index (χ4n) is 2.42. The van der Waals surface area contributed by atoms with E-state index in [0.717, 1.165) is 30.7 Å². The monoisotopic (exact) mass is 301 g/mol. The van der Waals surface area contributed by atoms with Crippen molar-refractivity contribution in [3.63, 3.8) is 0 Å². The molecule has 1 aromatic heterocycles. The van der Waals surface area contributed by atoms with Crippen LogP contribution in [0.1, 0.15) is 28.9 Å². The number of nitrogen functional groups attached to an aromatic ring is 1. The molecule has 2 aromatic rings. The van der Waals surface area contributed by atoms with Crippen LogP contribution in [-0.4, -0.2) is 40.2 Å². The molecule has 1 amide bonds. The fourth-order valence-corrected chi connectivity index (χ4v) is 2.42. The van der Waals surface area contributed by atoms with Gasteiger partial charge in [0.1, 0.15) is 0 Å². The number of nitrogens with zero attached hydrogens (tertiary/aromatic N) is 3. The molecule has 1 aromatic carbocycles. The molecule has 0 bridgehead atoms. The Morgan fingerprint density at radius 3 is 2.91 bits per heavy atom. The summed E-state index contributed by atoms with van der Waals surface area (Å²) in [6.07, 6.45) is 2.08. The number of ether oxygens (including phenoxy) is 1. The number of nitrogens with one attached hydrogen (secondary N) is 1. The highest BCUT2D eigenvalue weighted by atomic mass is 16.5. The summed E-state index contributed by atoms with van der Waals surface area (Å²) in [6, 6.07) is 7.67. The molecule has 1 atom stereocenters. The van der Waals surface area contributed by atoms with E-state index in [1.54, 1.807) is 0 Å². The van der Waals surface area contributed by atoms with Gasteiger partial charge in [0.25, 0.3) is 5.91 Å². The number of hydrogen-bond acceptors (Lipinski definition) is 5. The van der Waals surface area contributed by atoms with Gasteiger partial charge < -0.3 is 15.8 Å². The molecule has 1 saturated heterocycles. The van der Waals surface area contributed by atoms with E-state index in [1.807, 2.05) is 31.2 Å². The summed E-state index contributed by atoms with van der Waals surface area (Å²) < 4.78 is 6.93. The van der Waals surface area contributed by atoms with Crippen molar-refractivity contribution in [2.45, 2.75) is 25.9 Å². The largest absolute Gasteiger partial charge is 0.382 e. The van der Waals surface area contributed by atoms with Crippen molar-refractivity contribution in [2.75, 3.05) is 18.9 Å². The van der Waals surface area contributed by atoms with Crippen LogP contribution in [0.25, 0.3) is 5.69 Å². The minimum atomic E-state index is -0.327. The molecule has 0 radical (unpaired) electrons. The van der Waals surface area contributed by atoms with E-state index < -0.39 is 0 Å². The summed E-state index contributed by atoms with van der Waals surface area (Å²) in [5.74, 6) is -0.0972. The maximum Gasteiger partial charge on any atom is 0.275 e. The predicted molar refractivity (Wildman–Crippen MR) is 81.8 cm³/mol. The molecule has 22 heavy (non-hydrogen) atoms. The van der Waals surface area contributed by atoms with Crippen LogP contribution < -0.4 is 11.1 Å². The quantitative estimate of drug-likeness (QED) is 0.880. The molecule has 0 spiro atoms. The van der Waals surface area contributed by atoms with Gasteiger partial charge in [-0.15, -0.1) is 5.10 Å². The molecule has 1 unspecified atom stereocenters. The predicted octanol–water partition coefficient (Wildman–Crippen LogP) is 1.07.